The highest BCUT2D eigenvalue weighted by atomic mass is 35.5. The molecule has 2 aromatic rings. The van der Waals surface area contributed by atoms with E-state index in [9.17, 15) is 0 Å². The molecule has 0 saturated heterocycles. The molecule has 2 rings (SSSR count). The first-order chi connectivity index (χ1) is 8.20. The number of rotatable bonds is 3. The number of ether oxygens (including phenoxy) is 1. The third-order valence-corrected chi connectivity index (χ3v) is 2.54. The Balaban J connectivity index is 2.48. The molecule has 1 aromatic heterocycles. The lowest BCUT2D eigenvalue weighted by atomic mass is 10.2. The maximum Gasteiger partial charge on any atom is 0.163 e. The van der Waals surface area contributed by atoms with Crippen molar-refractivity contribution >= 4 is 17.4 Å². The van der Waals surface area contributed by atoms with Gasteiger partial charge >= 0.3 is 0 Å². The molecule has 0 amide bonds. The molecule has 0 unspecified atom stereocenters. The van der Waals surface area contributed by atoms with Gasteiger partial charge in [-0.3, -0.25) is 0 Å². The summed E-state index contributed by atoms with van der Waals surface area (Å²) in [5.41, 5.74) is 7.22. The second-order valence-electron chi connectivity index (χ2n) is 3.52. The number of nitrogen functional groups attached to an aromatic ring is 1. The second-order valence-corrected chi connectivity index (χ2v) is 3.93. The number of methoxy groups -OCH3 is 1. The molecule has 0 atom stereocenters. The average molecular weight is 250 g/mol. The topological polar surface area (TPSA) is 61.0 Å². The van der Waals surface area contributed by atoms with E-state index in [2.05, 4.69) is 9.97 Å². The van der Waals surface area contributed by atoms with Gasteiger partial charge in [0, 0.05) is 18.7 Å². The van der Waals surface area contributed by atoms with Crippen LogP contribution in [0.1, 0.15) is 5.69 Å². The fraction of sp³-hybridized carbons (Fsp3) is 0.167. The highest BCUT2D eigenvalue weighted by molar-refractivity contribution is 6.33. The van der Waals surface area contributed by atoms with Crippen molar-refractivity contribution in [1.29, 1.82) is 0 Å². The summed E-state index contributed by atoms with van der Waals surface area (Å²) < 4.78 is 5.03. The van der Waals surface area contributed by atoms with Crippen molar-refractivity contribution in [1.82, 2.24) is 9.97 Å². The molecule has 5 heteroatoms. The number of aromatic nitrogens is 2. The molecule has 0 spiro atoms. The highest BCUT2D eigenvalue weighted by Crippen LogP contribution is 2.25. The lowest BCUT2D eigenvalue weighted by Crippen LogP contribution is -2.01. The van der Waals surface area contributed by atoms with Crippen LogP contribution in [0.4, 0.5) is 5.82 Å². The van der Waals surface area contributed by atoms with E-state index in [1.165, 1.54) is 0 Å². The van der Waals surface area contributed by atoms with Crippen molar-refractivity contribution in [2.45, 2.75) is 6.61 Å². The molecule has 2 N–H and O–H groups in total. The van der Waals surface area contributed by atoms with Crippen molar-refractivity contribution in [2.24, 2.45) is 0 Å². The minimum absolute atomic E-state index is 0.393. The fourth-order valence-electron chi connectivity index (χ4n) is 1.50. The quantitative estimate of drug-likeness (QED) is 0.908. The van der Waals surface area contributed by atoms with Crippen molar-refractivity contribution < 1.29 is 4.74 Å². The first-order valence-corrected chi connectivity index (χ1v) is 5.46. The molecule has 0 aliphatic heterocycles. The van der Waals surface area contributed by atoms with E-state index >= 15 is 0 Å². The molecule has 17 heavy (non-hydrogen) atoms. The van der Waals surface area contributed by atoms with Gasteiger partial charge in [0.05, 0.1) is 17.3 Å². The van der Waals surface area contributed by atoms with Crippen LogP contribution in [0.15, 0.2) is 30.3 Å². The van der Waals surface area contributed by atoms with E-state index in [0.29, 0.717) is 23.3 Å². The van der Waals surface area contributed by atoms with Gasteiger partial charge in [-0.2, -0.15) is 0 Å². The summed E-state index contributed by atoms with van der Waals surface area (Å²) in [7, 11) is 1.60. The van der Waals surface area contributed by atoms with E-state index < -0.39 is 0 Å². The van der Waals surface area contributed by atoms with Crippen LogP contribution >= 0.6 is 11.6 Å². The summed E-state index contributed by atoms with van der Waals surface area (Å²) in [6.07, 6.45) is 0. The largest absolute Gasteiger partial charge is 0.384 e. The smallest absolute Gasteiger partial charge is 0.163 e. The molecule has 4 nitrogen and oxygen atoms in total. The zero-order chi connectivity index (χ0) is 12.3. The van der Waals surface area contributed by atoms with Gasteiger partial charge in [-0.25, -0.2) is 9.97 Å². The van der Waals surface area contributed by atoms with Crippen LogP contribution in [0, 0.1) is 0 Å². The van der Waals surface area contributed by atoms with E-state index in [-0.39, 0.29) is 0 Å². The van der Waals surface area contributed by atoms with Crippen LogP contribution in [0.25, 0.3) is 11.4 Å². The van der Waals surface area contributed by atoms with Gasteiger partial charge in [0.15, 0.2) is 5.82 Å². The van der Waals surface area contributed by atoms with Gasteiger partial charge in [-0.1, -0.05) is 23.7 Å². The molecule has 1 heterocycles. The van der Waals surface area contributed by atoms with E-state index in [1.54, 1.807) is 19.2 Å². The van der Waals surface area contributed by atoms with E-state index in [0.717, 1.165) is 11.3 Å². The summed E-state index contributed by atoms with van der Waals surface area (Å²) in [5.74, 6) is 0.921. The number of nitrogens with two attached hydrogens (primary N) is 1. The maximum absolute atomic E-state index is 6.09. The second kappa shape index (κ2) is 5.12. The predicted molar refractivity (Wildman–Crippen MR) is 67.6 cm³/mol. The first-order valence-electron chi connectivity index (χ1n) is 5.08. The number of benzene rings is 1. The fourth-order valence-corrected chi connectivity index (χ4v) is 1.72. The maximum atomic E-state index is 6.09. The molecular weight excluding hydrogens is 238 g/mol. The molecule has 88 valence electrons. The van der Waals surface area contributed by atoms with Crippen molar-refractivity contribution in [3.05, 3.63) is 41.0 Å². The standard InChI is InChI=1S/C12H12ClN3O/c1-17-7-8-6-11(14)16-12(15-8)9-4-2-3-5-10(9)13/h2-6H,7H2,1H3,(H2,14,15,16). The Morgan fingerprint density at radius 1 is 1.29 bits per heavy atom. The zero-order valence-corrected chi connectivity index (χ0v) is 10.1. The molecule has 0 radical (unpaired) electrons. The minimum atomic E-state index is 0.393. The normalized spacial score (nSPS) is 10.5. The van der Waals surface area contributed by atoms with Crippen LogP contribution < -0.4 is 5.73 Å². The highest BCUT2D eigenvalue weighted by Gasteiger charge is 2.08. The predicted octanol–water partition coefficient (Wildman–Crippen LogP) is 2.53. The molecule has 0 aliphatic rings. The van der Waals surface area contributed by atoms with Crippen LogP contribution in [0.2, 0.25) is 5.02 Å². The summed E-state index contributed by atoms with van der Waals surface area (Å²) in [6, 6.07) is 9.06. The van der Waals surface area contributed by atoms with Crippen LogP contribution in [-0.4, -0.2) is 17.1 Å². The third kappa shape index (κ3) is 2.72. The van der Waals surface area contributed by atoms with Crippen LogP contribution in [0.3, 0.4) is 0 Å². The Labute approximate surface area is 104 Å². The van der Waals surface area contributed by atoms with Crippen molar-refractivity contribution in [3.63, 3.8) is 0 Å². The summed E-state index contributed by atoms with van der Waals surface area (Å²) in [6.45, 7) is 0.393. The lowest BCUT2D eigenvalue weighted by Gasteiger charge is -2.06. The molecule has 1 aromatic carbocycles. The summed E-state index contributed by atoms with van der Waals surface area (Å²) >= 11 is 6.09. The number of hydrogen-bond donors (Lipinski definition) is 1. The van der Waals surface area contributed by atoms with Gasteiger partial charge in [0.25, 0.3) is 0 Å². The summed E-state index contributed by atoms with van der Waals surface area (Å²) in [5, 5.41) is 0.599. The number of nitrogens with zero attached hydrogens (tertiary/aromatic N) is 2. The number of anilines is 1. The van der Waals surface area contributed by atoms with Crippen LogP contribution in [-0.2, 0) is 11.3 Å². The lowest BCUT2D eigenvalue weighted by molar-refractivity contribution is 0.181. The SMILES string of the molecule is COCc1cc(N)nc(-c2ccccc2Cl)n1. The average Bonchev–Trinajstić information content (AvgIpc) is 2.29. The van der Waals surface area contributed by atoms with E-state index in [1.807, 2.05) is 18.2 Å². The molecule has 0 aliphatic carbocycles. The van der Waals surface area contributed by atoms with Gasteiger partial charge in [0.2, 0.25) is 0 Å². The molecular formula is C12H12ClN3O. The molecule has 0 saturated carbocycles. The van der Waals surface area contributed by atoms with Gasteiger partial charge in [-0.15, -0.1) is 0 Å². The minimum Gasteiger partial charge on any atom is -0.384 e. The molecule has 0 bridgehead atoms. The molecule has 0 fully saturated rings. The zero-order valence-electron chi connectivity index (χ0n) is 9.35. The Hall–Kier alpha value is -1.65. The van der Waals surface area contributed by atoms with Crippen molar-refractivity contribution in [3.8, 4) is 11.4 Å². The monoisotopic (exact) mass is 249 g/mol. The van der Waals surface area contributed by atoms with Crippen molar-refractivity contribution in [2.75, 3.05) is 12.8 Å². The van der Waals surface area contributed by atoms with Crippen LogP contribution in [0.5, 0.6) is 0 Å². The Kier molecular flexibility index (Phi) is 3.56. The number of halogens is 1. The first kappa shape index (κ1) is 11.8. The van der Waals surface area contributed by atoms with E-state index in [4.69, 9.17) is 22.1 Å². The Morgan fingerprint density at radius 3 is 2.76 bits per heavy atom. The Bertz CT molecular complexity index is 531. The van der Waals surface area contributed by atoms with Gasteiger partial charge < -0.3 is 10.5 Å². The third-order valence-electron chi connectivity index (χ3n) is 2.21. The summed E-state index contributed by atoms with van der Waals surface area (Å²) in [4.78, 5) is 8.53. The van der Waals surface area contributed by atoms with Gasteiger partial charge in [0.1, 0.15) is 5.82 Å². The Morgan fingerprint density at radius 2 is 2.06 bits per heavy atom. The van der Waals surface area contributed by atoms with Gasteiger partial charge in [-0.05, 0) is 12.1 Å². The number of hydrogen-bond acceptors (Lipinski definition) is 4.